The van der Waals surface area contributed by atoms with Crippen molar-refractivity contribution in [2.24, 2.45) is 0 Å². The van der Waals surface area contributed by atoms with E-state index in [9.17, 15) is 13.8 Å². The van der Waals surface area contributed by atoms with E-state index in [2.05, 4.69) is 0 Å². The summed E-state index contributed by atoms with van der Waals surface area (Å²) in [6, 6.07) is 15.7. The molecule has 3 rings (SSSR count). The van der Waals surface area contributed by atoms with E-state index < -0.39 is 22.9 Å². The van der Waals surface area contributed by atoms with Crippen molar-refractivity contribution in [3.63, 3.8) is 0 Å². The van der Waals surface area contributed by atoms with Gasteiger partial charge < -0.3 is 9.64 Å². The molecule has 0 saturated carbocycles. The first-order valence-electron chi connectivity index (χ1n) is 9.05. The average molecular weight is 385 g/mol. The minimum absolute atomic E-state index is 0.204. The van der Waals surface area contributed by atoms with E-state index in [-0.39, 0.29) is 11.5 Å². The molecule has 0 spiro atoms. The Labute approximate surface area is 161 Å². The highest BCUT2D eigenvalue weighted by Crippen LogP contribution is 2.25. The second-order valence-corrected chi connectivity index (χ2v) is 7.88. The van der Waals surface area contributed by atoms with E-state index in [0.717, 1.165) is 19.3 Å². The molecule has 1 amide bonds. The monoisotopic (exact) mass is 385 g/mol. The van der Waals surface area contributed by atoms with Gasteiger partial charge in [0.05, 0.1) is 21.3 Å². The summed E-state index contributed by atoms with van der Waals surface area (Å²) in [6.07, 6.45) is 3.53. The van der Waals surface area contributed by atoms with Gasteiger partial charge in [0, 0.05) is 24.9 Å². The molecule has 27 heavy (non-hydrogen) atoms. The van der Waals surface area contributed by atoms with Crippen LogP contribution in [0.2, 0.25) is 0 Å². The van der Waals surface area contributed by atoms with Crippen LogP contribution in [0.1, 0.15) is 41.3 Å². The van der Waals surface area contributed by atoms with Gasteiger partial charge in [-0.3, -0.25) is 9.00 Å². The molecule has 6 heteroatoms. The maximum atomic E-state index is 13.1. The molecule has 1 aliphatic rings. The molecule has 1 fully saturated rings. The first-order valence-corrected chi connectivity index (χ1v) is 10.6. The van der Waals surface area contributed by atoms with E-state index >= 15 is 0 Å². The molecule has 1 aliphatic heterocycles. The summed E-state index contributed by atoms with van der Waals surface area (Å²) in [7, 11) is -1.33. The summed E-state index contributed by atoms with van der Waals surface area (Å²) >= 11 is 0. The van der Waals surface area contributed by atoms with Gasteiger partial charge in [-0.2, -0.15) is 0 Å². The van der Waals surface area contributed by atoms with Crippen LogP contribution in [0.25, 0.3) is 0 Å². The lowest BCUT2D eigenvalue weighted by atomic mass is 10.1. The molecule has 142 valence electrons. The van der Waals surface area contributed by atoms with Crippen LogP contribution < -0.4 is 0 Å². The molecule has 0 N–H and O–H groups in total. The Morgan fingerprint density at radius 3 is 2.26 bits per heavy atom. The molecule has 2 aromatic rings. The van der Waals surface area contributed by atoms with Crippen LogP contribution >= 0.6 is 0 Å². The average Bonchev–Trinajstić information content (AvgIpc) is 2.72. The summed E-state index contributed by atoms with van der Waals surface area (Å²) in [4.78, 5) is 28.1. The van der Waals surface area contributed by atoms with E-state index in [1.165, 1.54) is 6.26 Å². The molecule has 0 bridgehead atoms. The number of likely N-dealkylation sites (tertiary alicyclic amines) is 1. The Kier molecular flexibility index (Phi) is 6.40. The number of piperidine rings is 1. The number of hydrogen-bond donors (Lipinski definition) is 0. The number of carbonyl (C=O) groups is 2. The molecule has 0 aromatic heterocycles. The molecular weight excluding hydrogens is 362 g/mol. The Hall–Kier alpha value is -2.47. The van der Waals surface area contributed by atoms with Gasteiger partial charge in [0.1, 0.15) is 0 Å². The maximum Gasteiger partial charge on any atom is 0.340 e. The van der Waals surface area contributed by atoms with Gasteiger partial charge in [-0.05, 0) is 31.4 Å². The fraction of sp³-hybridized carbons (Fsp3) is 0.333. The number of esters is 1. The van der Waals surface area contributed by atoms with Crippen molar-refractivity contribution < 1.29 is 18.5 Å². The molecule has 2 atom stereocenters. The van der Waals surface area contributed by atoms with Crippen LogP contribution in [0, 0.1) is 0 Å². The standard InChI is InChI=1S/C21H23NO4S/c1-27(25)18-13-7-6-12-17(18)21(24)26-19(16-10-4-2-5-11-16)20(23)22-14-8-3-9-15-22/h2,4-7,10-13,19H,3,8-9,14-15H2,1H3/t19-,27-/m1/s1. The molecule has 2 aromatic carbocycles. The van der Waals surface area contributed by atoms with Gasteiger partial charge in [-0.1, -0.05) is 42.5 Å². The Morgan fingerprint density at radius 1 is 0.963 bits per heavy atom. The SMILES string of the molecule is C[S@@](=O)c1ccccc1C(=O)O[C@@H](C(=O)N1CCCCC1)c1ccccc1. The van der Waals surface area contributed by atoms with Crippen LogP contribution in [0.5, 0.6) is 0 Å². The summed E-state index contributed by atoms with van der Waals surface area (Å²) in [5.74, 6) is -0.843. The van der Waals surface area contributed by atoms with Gasteiger partial charge in [-0.15, -0.1) is 0 Å². The minimum atomic E-state index is -1.33. The van der Waals surface area contributed by atoms with Crippen molar-refractivity contribution in [3.05, 3.63) is 65.7 Å². The number of ether oxygens (including phenoxy) is 1. The van der Waals surface area contributed by atoms with Crippen molar-refractivity contribution in [1.82, 2.24) is 4.90 Å². The first kappa shape index (κ1) is 19.3. The first-order chi connectivity index (χ1) is 13.1. The fourth-order valence-electron chi connectivity index (χ4n) is 3.23. The predicted octanol–water partition coefficient (Wildman–Crippen LogP) is 3.33. The van der Waals surface area contributed by atoms with Crippen molar-refractivity contribution in [3.8, 4) is 0 Å². The van der Waals surface area contributed by atoms with Crippen LogP contribution in [-0.4, -0.2) is 40.3 Å². The van der Waals surface area contributed by atoms with Crippen LogP contribution in [0.4, 0.5) is 0 Å². The quantitative estimate of drug-likeness (QED) is 0.741. The minimum Gasteiger partial charge on any atom is -0.444 e. The Balaban J connectivity index is 1.89. The molecule has 1 saturated heterocycles. The molecule has 5 nitrogen and oxygen atoms in total. The fourth-order valence-corrected chi connectivity index (χ4v) is 3.96. The second kappa shape index (κ2) is 8.95. The van der Waals surface area contributed by atoms with Crippen LogP contribution in [0.3, 0.4) is 0 Å². The van der Waals surface area contributed by atoms with Crippen molar-refractivity contribution in [2.75, 3.05) is 19.3 Å². The molecule has 0 aliphatic carbocycles. The summed E-state index contributed by atoms with van der Waals surface area (Å²) in [5.41, 5.74) is 0.863. The number of rotatable bonds is 5. The number of carbonyl (C=O) groups excluding carboxylic acids is 2. The highest BCUT2D eigenvalue weighted by atomic mass is 32.2. The Bertz CT molecular complexity index is 831. The van der Waals surface area contributed by atoms with E-state index in [4.69, 9.17) is 4.74 Å². The largest absolute Gasteiger partial charge is 0.444 e. The lowest BCUT2D eigenvalue weighted by molar-refractivity contribution is -0.142. The Morgan fingerprint density at radius 2 is 1.59 bits per heavy atom. The zero-order chi connectivity index (χ0) is 19.2. The molecule has 0 radical (unpaired) electrons. The zero-order valence-electron chi connectivity index (χ0n) is 15.3. The van der Waals surface area contributed by atoms with E-state index in [0.29, 0.717) is 23.5 Å². The molecule has 1 heterocycles. The maximum absolute atomic E-state index is 13.1. The van der Waals surface area contributed by atoms with Gasteiger partial charge in [0.15, 0.2) is 0 Å². The number of amides is 1. The summed E-state index contributed by atoms with van der Waals surface area (Å²) in [5, 5.41) is 0. The normalized spacial score (nSPS) is 16.4. The van der Waals surface area contributed by atoms with Crippen LogP contribution in [-0.2, 0) is 20.3 Å². The topological polar surface area (TPSA) is 63.7 Å². The van der Waals surface area contributed by atoms with Crippen LogP contribution in [0.15, 0.2) is 59.5 Å². The van der Waals surface area contributed by atoms with E-state index in [1.54, 1.807) is 41.3 Å². The highest BCUT2D eigenvalue weighted by Gasteiger charge is 2.31. The third-order valence-corrected chi connectivity index (χ3v) is 5.61. The summed E-state index contributed by atoms with van der Waals surface area (Å²) < 4.78 is 17.6. The summed E-state index contributed by atoms with van der Waals surface area (Å²) in [6.45, 7) is 1.35. The van der Waals surface area contributed by atoms with Gasteiger partial charge in [-0.25, -0.2) is 4.79 Å². The zero-order valence-corrected chi connectivity index (χ0v) is 16.1. The number of nitrogens with zero attached hydrogens (tertiary/aromatic N) is 1. The smallest absolute Gasteiger partial charge is 0.340 e. The van der Waals surface area contributed by atoms with Crippen molar-refractivity contribution in [2.45, 2.75) is 30.3 Å². The predicted molar refractivity (Wildman–Crippen MR) is 104 cm³/mol. The van der Waals surface area contributed by atoms with Crippen molar-refractivity contribution >= 4 is 22.7 Å². The van der Waals surface area contributed by atoms with Gasteiger partial charge >= 0.3 is 5.97 Å². The molecule has 0 unspecified atom stereocenters. The number of benzene rings is 2. The lowest BCUT2D eigenvalue weighted by Gasteiger charge is -2.30. The van der Waals surface area contributed by atoms with Gasteiger partial charge in [0.25, 0.3) is 5.91 Å². The lowest BCUT2D eigenvalue weighted by Crippen LogP contribution is -2.40. The molecular formula is C21H23NO4S. The second-order valence-electron chi connectivity index (χ2n) is 6.53. The third-order valence-electron chi connectivity index (χ3n) is 4.64. The highest BCUT2D eigenvalue weighted by molar-refractivity contribution is 7.84. The number of hydrogen-bond acceptors (Lipinski definition) is 4. The van der Waals surface area contributed by atoms with E-state index in [1.807, 2.05) is 18.2 Å². The van der Waals surface area contributed by atoms with Gasteiger partial charge in [0.2, 0.25) is 6.10 Å². The third kappa shape index (κ3) is 4.63. The van der Waals surface area contributed by atoms with Crippen molar-refractivity contribution in [1.29, 1.82) is 0 Å².